The lowest BCUT2D eigenvalue weighted by Gasteiger charge is -2.44. The number of aromatic nitrogens is 1. The maximum atomic E-state index is 11.5. The molecule has 1 fully saturated rings. The highest BCUT2D eigenvalue weighted by molar-refractivity contribution is 7.15. The molecule has 1 heterocycles. The second kappa shape index (κ2) is 6.11. The van der Waals surface area contributed by atoms with Crippen LogP contribution in [0.5, 0.6) is 0 Å². The number of hydrogen-bond donors (Lipinski definition) is 3. The highest BCUT2D eigenvalue weighted by Crippen LogP contribution is 2.50. The third-order valence-corrected chi connectivity index (χ3v) is 6.36. The molecule has 1 aromatic heterocycles. The van der Waals surface area contributed by atoms with Gasteiger partial charge in [0.25, 0.3) is 0 Å². The first-order valence-electron chi connectivity index (χ1n) is 8.40. The molecule has 2 aromatic rings. The van der Waals surface area contributed by atoms with Crippen molar-refractivity contribution in [1.82, 2.24) is 4.98 Å². The van der Waals surface area contributed by atoms with Gasteiger partial charge in [0.1, 0.15) is 10.6 Å². The number of nitrogen functional groups attached to an aromatic ring is 1. The fourth-order valence-corrected chi connectivity index (χ4v) is 4.98. The summed E-state index contributed by atoms with van der Waals surface area (Å²) in [5, 5.41) is 21.2. The van der Waals surface area contributed by atoms with Crippen molar-refractivity contribution in [2.75, 3.05) is 5.73 Å². The SMILES string of the molecule is Cc1cc(N)cc(-c2cnc([C@@]3(O)CC[C@H](C(=O)O)C(C)(C)C3)s2)c1. The standard InChI is InChI=1S/C19H24N2O3S/c1-11-6-12(8-13(20)7-11)15-9-21-17(25-15)19(24)5-4-14(16(22)23)18(2,3)10-19/h6-9,14,24H,4-5,10,20H2,1-3H3,(H,22,23)/t14-,19-/m1/s1. The molecular formula is C19H24N2O3S. The summed E-state index contributed by atoms with van der Waals surface area (Å²) in [6.45, 7) is 5.81. The van der Waals surface area contributed by atoms with Crippen LogP contribution in [0.3, 0.4) is 0 Å². The maximum Gasteiger partial charge on any atom is 0.307 e. The van der Waals surface area contributed by atoms with Crippen molar-refractivity contribution in [2.24, 2.45) is 11.3 Å². The van der Waals surface area contributed by atoms with Gasteiger partial charge in [-0.25, -0.2) is 4.98 Å². The van der Waals surface area contributed by atoms with Crippen LogP contribution in [0.1, 0.15) is 43.7 Å². The van der Waals surface area contributed by atoms with E-state index in [0.717, 1.165) is 16.0 Å². The fraction of sp³-hybridized carbons (Fsp3) is 0.474. The smallest absolute Gasteiger partial charge is 0.307 e. The molecule has 0 saturated heterocycles. The normalized spacial score (nSPS) is 25.7. The first-order valence-corrected chi connectivity index (χ1v) is 9.21. The molecule has 3 rings (SSSR count). The van der Waals surface area contributed by atoms with Gasteiger partial charge in [-0.3, -0.25) is 4.79 Å². The first kappa shape index (κ1) is 17.9. The summed E-state index contributed by atoms with van der Waals surface area (Å²) in [4.78, 5) is 16.9. The lowest BCUT2D eigenvalue weighted by molar-refractivity contribution is -0.154. The van der Waals surface area contributed by atoms with Crippen molar-refractivity contribution in [2.45, 2.75) is 45.6 Å². The molecule has 1 saturated carbocycles. The Bertz CT molecular complexity index is 795. The van der Waals surface area contributed by atoms with E-state index in [1.807, 2.05) is 39.0 Å². The van der Waals surface area contributed by atoms with Crippen LogP contribution in [0, 0.1) is 18.3 Å². The number of benzene rings is 1. The number of hydrogen-bond acceptors (Lipinski definition) is 5. The zero-order valence-electron chi connectivity index (χ0n) is 14.7. The Kier molecular flexibility index (Phi) is 4.37. The molecule has 0 aliphatic heterocycles. The highest BCUT2D eigenvalue weighted by atomic mass is 32.1. The zero-order chi connectivity index (χ0) is 18.4. The quantitative estimate of drug-likeness (QED) is 0.724. The number of nitrogens with two attached hydrogens (primary N) is 1. The number of thiazole rings is 1. The van der Waals surface area contributed by atoms with Crippen LogP contribution in [0.4, 0.5) is 5.69 Å². The zero-order valence-corrected chi connectivity index (χ0v) is 15.6. The van der Waals surface area contributed by atoms with Gasteiger partial charge in [0.05, 0.1) is 10.8 Å². The van der Waals surface area contributed by atoms with Crippen molar-refractivity contribution in [3.05, 3.63) is 35.0 Å². The van der Waals surface area contributed by atoms with E-state index < -0.39 is 22.9 Å². The number of aliphatic carboxylic acids is 1. The number of aliphatic hydroxyl groups is 1. The third kappa shape index (κ3) is 3.41. The van der Waals surface area contributed by atoms with Gasteiger partial charge in [0, 0.05) is 11.9 Å². The molecule has 1 aliphatic carbocycles. The predicted octanol–water partition coefficient (Wildman–Crippen LogP) is 3.80. The Labute approximate surface area is 151 Å². The maximum absolute atomic E-state index is 11.5. The molecule has 2 atom stereocenters. The lowest BCUT2D eigenvalue weighted by Crippen LogP contribution is -2.44. The summed E-state index contributed by atoms with van der Waals surface area (Å²) in [5.74, 6) is -1.23. The second-order valence-corrected chi connectivity index (χ2v) is 8.82. The van der Waals surface area contributed by atoms with Crippen LogP contribution in [0.2, 0.25) is 0 Å². The minimum absolute atomic E-state index is 0.389. The van der Waals surface area contributed by atoms with Crippen molar-refractivity contribution in [1.29, 1.82) is 0 Å². The second-order valence-electron chi connectivity index (χ2n) is 7.79. The number of anilines is 1. The molecule has 0 amide bonds. The van der Waals surface area contributed by atoms with Crippen LogP contribution < -0.4 is 5.73 Å². The highest BCUT2D eigenvalue weighted by Gasteiger charge is 2.49. The molecule has 0 radical (unpaired) electrons. The summed E-state index contributed by atoms with van der Waals surface area (Å²) >= 11 is 1.46. The van der Waals surface area contributed by atoms with Crippen LogP contribution >= 0.6 is 11.3 Å². The van der Waals surface area contributed by atoms with Gasteiger partial charge < -0.3 is 15.9 Å². The van der Waals surface area contributed by atoms with E-state index in [9.17, 15) is 15.0 Å². The minimum Gasteiger partial charge on any atom is -0.481 e. The summed E-state index contributed by atoms with van der Waals surface area (Å²) in [6.07, 6.45) is 3.02. The lowest BCUT2D eigenvalue weighted by atomic mass is 9.63. The Hall–Kier alpha value is -1.92. The number of carboxylic acids is 1. The molecule has 6 heteroatoms. The molecule has 0 spiro atoms. The van der Waals surface area contributed by atoms with E-state index in [4.69, 9.17) is 5.73 Å². The average molecular weight is 360 g/mol. The summed E-state index contributed by atoms with van der Waals surface area (Å²) in [7, 11) is 0. The summed E-state index contributed by atoms with van der Waals surface area (Å²) in [5.41, 5.74) is 7.13. The van der Waals surface area contributed by atoms with Crippen LogP contribution in [0.15, 0.2) is 24.4 Å². The van der Waals surface area contributed by atoms with Gasteiger partial charge in [0.2, 0.25) is 0 Å². The number of carboxylic acid groups (broad SMARTS) is 1. The van der Waals surface area contributed by atoms with Crippen molar-refractivity contribution < 1.29 is 15.0 Å². The van der Waals surface area contributed by atoms with Crippen molar-refractivity contribution >= 4 is 23.0 Å². The van der Waals surface area contributed by atoms with Crippen molar-refractivity contribution in [3.63, 3.8) is 0 Å². The monoisotopic (exact) mass is 360 g/mol. The summed E-state index contributed by atoms with van der Waals surface area (Å²) in [6, 6.07) is 5.86. The average Bonchev–Trinajstić information content (AvgIpc) is 2.95. The van der Waals surface area contributed by atoms with Crippen LogP contribution in [0.25, 0.3) is 10.4 Å². The molecule has 0 bridgehead atoms. The van der Waals surface area contributed by atoms with Crippen LogP contribution in [-0.2, 0) is 10.4 Å². The number of carbonyl (C=O) groups is 1. The Morgan fingerprint density at radius 2 is 2.08 bits per heavy atom. The summed E-state index contributed by atoms with van der Waals surface area (Å²) < 4.78 is 0. The van der Waals surface area contributed by atoms with E-state index in [1.165, 1.54) is 11.3 Å². The molecule has 1 aliphatic rings. The van der Waals surface area contributed by atoms with Gasteiger partial charge >= 0.3 is 5.97 Å². The van der Waals surface area contributed by atoms with Crippen molar-refractivity contribution in [3.8, 4) is 10.4 Å². The number of aryl methyl sites for hydroxylation is 1. The topological polar surface area (TPSA) is 96.4 Å². The van der Waals surface area contributed by atoms with Crippen LogP contribution in [-0.4, -0.2) is 21.2 Å². The van der Waals surface area contributed by atoms with E-state index in [0.29, 0.717) is 30.0 Å². The molecule has 25 heavy (non-hydrogen) atoms. The van der Waals surface area contributed by atoms with Gasteiger partial charge in [-0.15, -0.1) is 11.3 Å². The number of nitrogens with zero attached hydrogens (tertiary/aromatic N) is 1. The Morgan fingerprint density at radius 3 is 2.68 bits per heavy atom. The first-order chi connectivity index (χ1) is 11.6. The minimum atomic E-state index is -1.08. The predicted molar refractivity (Wildman–Crippen MR) is 99.4 cm³/mol. The largest absolute Gasteiger partial charge is 0.481 e. The molecule has 4 N–H and O–H groups in total. The van der Waals surface area contributed by atoms with E-state index in [-0.39, 0.29) is 0 Å². The Balaban J connectivity index is 1.90. The third-order valence-electron chi connectivity index (χ3n) is 5.12. The van der Waals surface area contributed by atoms with Gasteiger partial charge in [0.15, 0.2) is 0 Å². The Morgan fingerprint density at radius 1 is 1.36 bits per heavy atom. The van der Waals surface area contributed by atoms with Gasteiger partial charge in [-0.1, -0.05) is 19.9 Å². The molecule has 134 valence electrons. The molecule has 1 aromatic carbocycles. The van der Waals surface area contributed by atoms with Gasteiger partial charge in [-0.05, 0) is 54.9 Å². The molecule has 0 unspecified atom stereocenters. The van der Waals surface area contributed by atoms with E-state index in [2.05, 4.69) is 4.98 Å². The fourth-order valence-electron chi connectivity index (χ4n) is 3.96. The molecular weight excluding hydrogens is 336 g/mol. The molecule has 5 nitrogen and oxygen atoms in total. The number of rotatable bonds is 3. The van der Waals surface area contributed by atoms with E-state index in [1.54, 1.807) is 6.20 Å². The van der Waals surface area contributed by atoms with E-state index >= 15 is 0 Å². The van der Waals surface area contributed by atoms with Gasteiger partial charge in [-0.2, -0.15) is 0 Å².